The highest BCUT2D eigenvalue weighted by atomic mass is 16.5. The zero-order valence-electron chi connectivity index (χ0n) is 17.5. The number of pyridine rings is 1. The normalized spacial score (nSPS) is 10.8. The van der Waals surface area contributed by atoms with Gasteiger partial charge in [0.1, 0.15) is 12.3 Å². The van der Waals surface area contributed by atoms with Gasteiger partial charge in [0.15, 0.2) is 0 Å². The summed E-state index contributed by atoms with van der Waals surface area (Å²) in [7, 11) is 0. The van der Waals surface area contributed by atoms with Gasteiger partial charge in [-0.1, -0.05) is 18.2 Å². The average molecular weight is 414 g/mol. The Morgan fingerprint density at radius 2 is 1.84 bits per heavy atom. The quantitative estimate of drug-likeness (QED) is 0.530. The summed E-state index contributed by atoms with van der Waals surface area (Å²) in [6, 6.07) is 14.6. The van der Waals surface area contributed by atoms with Crippen molar-refractivity contribution in [3.8, 4) is 11.6 Å². The first-order chi connectivity index (χ1) is 14.9. The van der Waals surface area contributed by atoms with Crippen LogP contribution >= 0.6 is 0 Å². The Morgan fingerprint density at radius 3 is 2.58 bits per heavy atom. The summed E-state index contributed by atoms with van der Waals surface area (Å²) in [5, 5.41) is 3.23. The number of aromatic nitrogens is 3. The molecular weight excluding hydrogens is 392 g/mol. The van der Waals surface area contributed by atoms with Crippen molar-refractivity contribution in [1.29, 1.82) is 0 Å². The van der Waals surface area contributed by atoms with E-state index in [0.717, 1.165) is 11.1 Å². The van der Waals surface area contributed by atoms with Gasteiger partial charge in [-0.2, -0.15) is 0 Å². The van der Waals surface area contributed by atoms with Gasteiger partial charge in [-0.3, -0.25) is 14.2 Å². The van der Waals surface area contributed by atoms with Gasteiger partial charge in [-0.25, -0.2) is 9.97 Å². The molecule has 7 heteroatoms. The van der Waals surface area contributed by atoms with Crippen molar-refractivity contribution in [2.75, 3.05) is 5.32 Å². The highest BCUT2D eigenvalue weighted by Crippen LogP contribution is 2.23. The largest absolute Gasteiger partial charge is 0.439 e. The lowest BCUT2D eigenvalue weighted by Crippen LogP contribution is -2.28. The molecule has 2 heterocycles. The van der Waals surface area contributed by atoms with Crippen molar-refractivity contribution >= 4 is 22.5 Å². The van der Waals surface area contributed by atoms with E-state index in [9.17, 15) is 9.59 Å². The molecule has 0 fully saturated rings. The fraction of sp³-hybridized carbons (Fsp3) is 0.167. The van der Waals surface area contributed by atoms with Crippen LogP contribution in [0.4, 0.5) is 5.69 Å². The molecule has 4 aromatic rings. The molecule has 0 atom stereocenters. The first-order valence-electron chi connectivity index (χ1n) is 9.86. The molecule has 1 amide bonds. The fourth-order valence-corrected chi connectivity index (χ4v) is 3.22. The number of carbonyl (C=O) groups is 1. The molecule has 0 saturated heterocycles. The van der Waals surface area contributed by atoms with Crippen LogP contribution in [-0.2, 0) is 11.3 Å². The summed E-state index contributed by atoms with van der Waals surface area (Å²) in [5.41, 5.74) is 4.14. The molecule has 0 saturated carbocycles. The third-order valence-corrected chi connectivity index (χ3v) is 5.09. The van der Waals surface area contributed by atoms with E-state index in [1.807, 2.05) is 45.0 Å². The number of fused-ring (bicyclic) bond motifs is 1. The van der Waals surface area contributed by atoms with Crippen LogP contribution in [0.2, 0.25) is 0 Å². The maximum atomic E-state index is 12.6. The molecule has 0 unspecified atom stereocenters. The number of rotatable bonds is 5. The molecular formula is C24H22N4O3. The number of benzene rings is 2. The van der Waals surface area contributed by atoms with Crippen LogP contribution in [0.15, 0.2) is 65.8 Å². The van der Waals surface area contributed by atoms with E-state index in [2.05, 4.69) is 15.3 Å². The number of hydrogen-bond donors (Lipinski definition) is 1. The third-order valence-electron chi connectivity index (χ3n) is 5.09. The highest BCUT2D eigenvalue weighted by Gasteiger charge is 2.10. The van der Waals surface area contributed by atoms with E-state index in [-0.39, 0.29) is 18.0 Å². The molecule has 0 spiro atoms. The van der Waals surface area contributed by atoms with Gasteiger partial charge in [0.05, 0.1) is 29.1 Å². The van der Waals surface area contributed by atoms with Crippen molar-refractivity contribution < 1.29 is 9.53 Å². The van der Waals surface area contributed by atoms with E-state index in [0.29, 0.717) is 28.2 Å². The third kappa shape index (κ3) is 4.45. The summed E-state index contributed by atoms with van der Waals surface area (Å²) in [5.74, 6) is 0.776. The molecule has 0 bridgehead atoms. The second-order valence-corrected chi connectivity index (χ2v) is 7.43. The van der Waals surface area contributed by atoms with Crippen LogP contribution in [-0.4, -0.2) is 20.4 Å². The Hall–Kier alpha value is -4.00. The minimum absolute atomic E-state index is 0.142. The number of aryl methyl sites for hydroxylation is 3. The molecule has 31 heavy (non-hydrogen) atoms. The van der Waals surface area contributed by atoms with Gasteiger partial charge in [0.2, 0.25) is 11.8 Å². The zero-order valence-corrected chi connectivity index (χ0v) is 17.5. The number of nitrogens with one attached hydrogen (secondary N) is 1. The van der Waals surface area contributed by atoms with E-state index < -0.39 is 0 Å². The number of nitrogens with zero attached hydrogens (tertiary/aromatic N) is 3. The number of ether oxygens (including phenoxy) is 1. The van der Waals surface area contributed by atoms with Gasteiger partial charge >= 0.3 is 0 Å². The molecule has 7 nitrogen and oxygen atoms in total. The summed E-state index contributed by atoms with van der Waals surface area (Å²) in [4.78, 5) is 33.6. The number of amides is 1. The molecule has 2 aromatic carbocycles. The zero-order chi connectivity index (χ0) is 22.0. The molecule has 2 aromatic heterocycles. The minimum atomic E-state index is -0.347. The summed E-state index contributed by atoms with van der Waals surface area (Å²) < 4.78 is 7.05. The van der Waals surface area contributed by atoms with Crippen molar-refractivity contribution in [2.24, 2.45) is 0 Å². The van der Waals surface area contributed by atoms with E-state index >= 15 is 0 Å². The SMILES string of the molecule is Cc1ccc(Oc2ccc(NC(=O)Cn3cnc4c(C)cccc4c3=O)cn2)cc1C. The highest BCUT2D eigenvalue weighted by molar-refractivity contribution is 5.90. The Morgan fingerprint density at radius 1 is 1.00 bits per heavy atom. The van der Waals surface area contributed by atoms with Crippen LogP contribution in [0, 0.1) is 20.8 Å². The molecule has 156 valence electrons. The van der Waals surface area contributed by atoms with Gasteiger partial charge < -0.3 is 10.1 Å². The lowest BCUT2D eigenvalue weighted by molar-refractivity contribution is -0.116. The molecule has 0 aliphatic heterocycles. The molecule has 4 rings (SSSR count). The van der Waals surface area contributed by atoms with E-state index in [1.54, 1.807) is 24.3 Å². The van der Waals surface area contributed by atoms with Crippen LogP contribution in [0.5, 0.6) is 11.6 Å². The van der Waals surface area contributed by atoms with Crippen molar-refractivity contribution in [2.45, 2.75) is 27.3 Å². The first-order valence-corrected chi connectivity index (χ1v) is 9.86. The van der Waals surface area contributed by atoms with Gasteiger partial charge in [-0.05, 0) is 61.7 Å². The predicted octanol–water partition coefficient (Wildman–Crippen LogP) is 4.15. The lowest BCUT2D eigenvalue weighted by atomic mass is 10.1. The number of carbonyl (C=O) groups excluding carboxylic acids is 1. The smallest absolute Gasteiger partial charge is 0.261 e. The van der Waals surface area contributed by atoms with Crippen LogP contribution in [0.3, 0.4) is 0 Å². The van der Waals surface area contributed by atoms with Crippen LogP contribution in [0.25, 0.3) is 10.9 Å². The Balaban J connectivity index is 1.43. The fourth-order valence-electron chi connectivity index (χ4n) is 3.22. The summed E-state index contributed by atoms with van der Waals surface area (Å²) in [6.07, 6.45) is 2.91. The topological polar surface area (TPSA) is 86.1 Å². The average Bonchev–Trinajstić information content (AvgIpc) is 2.75. The Bertz CT molecular complexity index is 1330. The summed E-state index contributed by atoms with van der Waals surface area (Å²) >= 11 is 0. The molecule has 0 radical (unpaired) electrons. The maximum absolute atomic E-state index is 12.6. The minimum Gasteiger partial charge on any atom is -0.439 e. The Labute approximate surface area is 179 Å². The molecule has 0 aliphatic rings. The monoisotopic (exact) mass is 414 g/mol. The Kier molecular flexibility index (Phi) is 5.49. The summed E-state index contributed by atoms with van der Waals surface area (Å²) in [6.45, 7) is 5.81. The number of para-hydroxylation sites is 1. The molecule has 0 aliphatic carbocycles. The van der Waals surface area contributed by atoms with E-state index in [1.165, 1.54) is 22.7 Å². The lowest BCUT2D eigenvalue weighted by Gasteiger charge is -2.10. The van der Waals surface area contributed by atoms with Crippen LogP contribution in [0.1, 0.15) is 16.7 Å². The van der Waals surface area contributed by atoms with E-state index in [4.69, 9.17) is 4.74 Å². The van der Waals surface area contributed by atoms with Crippen LogP contribution < -0.4 is 15.6 Å². The van der Waals surface area contributed by atoms with Gasteiger partial charge in [0.25, 0.3) is 5.56 Å². The number of hydrogen-bond acceptors (Lipinski definition) is 5. The second kappa shape index (κ2) is 8.39. The number of anilines is 1. The van der Waals surface area contributed by atoms with Crippen molar-refractivity contribution in [3.05, 3.63) is 88.1 Å². The van der Waals surface area contributed by atoms with Crippen molar-refractivity contribution in [3.63, 3.8) is 0 Å². The second-order valence-electron chi connectivity index (χ2n) is 7.43. The van der Waals surface area contributed by atoms with Gasteiger partial charge in [0, 0.05) is 6.07 Å². The van der Waals surface area contributed by atoms with Gasteiger partial charge in [-0.15, -0.1) is 0 Å². The maximum Gasteiger partial charge on any atom is 0.261 e. The molecule has 1 N–H and O–H groups in total. The standard InChI is InChI=1S/C24H22N4O3/c1-15-7-9-19(11-17(15)3)31-22-10-8-18(12-25-22)27-21(29)13-28-14-26-23-16(2)5-4-6-20(23)24(28)30/h4-12,14H,13H2,1-3H3,(H,27,29). The first kappa shape index (κ1) is 20.3. The predicted molar refractivity (Wildman–Crippen MR) is 120 cm³/mol. The van der Waals surface area contributed by atoms with Crippen molar-refractivity contribution in [1.82, 2.24) is 14.5 Å².